The first-order valence-corrected chi connectivity index (χ1v) is 7.37. The summed E-state index contributed by atoms with van der Waals surface area (Å²) in [6, 6.07) is 1.39. The maximum absolute atomic E-state index is 11.4. The van der Waals surface area contributed by atoms with E-state index in [4.69, 9.17) is 0 Å². The number of Topliss-reactive ketones (excluding diaryl/α,β-unsaturated/α-hetero) is 1. The molecule has 0 fully saturated rings. The van der Waals surface area contributed by atoms with Crippen LogP contribution in [0.2, 0.25) is 0 Å². The molecular weight excluding hydrogens is 278 g/mol. The van der Waals surface area contributed by atoms with E-state index in [1.54, 1.807) is 0 Å². The summed E-state index contributed by atoms with van der Waals surface area (Å²) in [6.07, 6.45) is 0.922. The summed E-state index contributed by atoms with van der Waals surface area (Å²) in [5, 5.41) is 11.7. The number of anilines is 1. The highest BCUT2D eigenvalue weighted by Gasteiger charge is 2.24. The molecule has 0 saturated carbocycles. The number of rotatable bonds is 8. The zero-order valence-electron chi connectivity index (χ0n) is 12.4. The van der Waals surface area contributed by atoms with Crippen molar-refractivity contribution >= 4 is 27.8 Å². The van der Waals surface area contributed by atoms with Gasteiger partial charge in [-0.1, -0.05) is 0 Å². The van der Waals surface area contributed by atoms with Crippen LogP contribution in [0.4, 0.5) is 10.7 Å². The summed E-state index contributed by atoms with van der Waals surface area (Å²) in [4.78, 5) is 26.6. The molecule has 112 valence electrons. The van der Waals surface area contributed by atoms with Crippen LogP contribution in [0.5, 0.6) is 0 Å². The quantitative estimate of drug-likeness (QED) is 0.419. The fourth-order valence-corrected chi connectivity index (χ4v) is 2.99. The zero-order chi connectivity index (χ0) is 15.3. The Balaban J connectivity index is 2.95. The summed E-state index contributed by atoms with van der Waals surface area (Å²) < 4.78 is 0. The maximum atomic E-state index is 11.4. The lowest BCUT2D eigenvalue weighted by molar-refractivity contribution is -0.383. The van der Waals surface area contributed by atoms with Gasteiger partial charge in [0, 0.05) is 19.2 Å². The Morgan fingerprint density at radius 3 is 2.50 bits per heavy atom. The van der Waals surface area contributed by atoms with Crippen LogP contribution in [0.25, 0.3) is 0 Å². The van der Waals surface area contributed by atoms with Crippen molar-refractivity contribution in [3.63, 3.8) is 0 Å². The molecule has 0 aliphatic heterocycles. The number of nitro groups is 1. The fraction of sp³-hybridized carbons (Fsp3) is 0.615. The predicted molar refractivity (Wildman–Crippen MR) is 82.0 cm³/mol. The summed E-state index contributed by atoms with van der Waals surface area (Å²) in [7, 11) is 4.00. The van der Waals surface area contributed by atoms with Gasteiger partial charge in [0.05, 0.1) is 9.80 Å². The Hall–Kier alpha value is -1.47. The molecule has 20 heavy (non-hydrogen) atoms. The van der Waals surface area contributed by atoms with E-state index < -0.39 is 4.92 Å². The number of hydrogen-bond acceptors (Lipinski definition) is 6. The molecule has 0 aromatic carbocycles. The van der Waals surface area contributed by atoms with Gasteiger partial charge >= 0.3 is 5.69 Å². The minimum Gasteiger partial charge on any atom is -0.358 e. The first kappa shape index (κ1) is 16.6. The Morgan fingerprint density at radius 2 is 2.05 bits per heavy atom. The van der Waals surface area contributed by atoms with Crippen LogP contribution in [-0.2, 0) is 0 Å². The van der Waals surface area contributed by atoms with Crippen molar-refractivity contribution in [1.29, 1.82) is 0 Å². The van der Waals surface area contributed by atoms with Crippen LogP contribution in [0.3, 0.4) is 0 Å². The zero-order valence-corrected chi connectivity index (χ0v) is 13.2. The van der Waals surface area contributed by atoms with Crippen molar-refractivity contribution in [1.82, 2.24) is 4.90 Å². The number of nitrogens with zero attached hydrogens (tertiary/aromatic N) is 3. The van der Waals surface area contributed by atoms with Gasteiger partial charge in [-0.2, -0.15) is 0 Å². The van der Waals surface area contributed by atoms with Crippen molar-refractivity contribution in [2.75, 3.05) is 38.6 Å². The van der Waals surface area contributed by atoms with E-state index in [-0.39, 0.29) is 11.5 Å². The lowest BCUT2D eigenvalue weighted by Crippen LogP contribution is -2.26. The van der Waals surface area contributed by atoms with Gasteiger partial charge in [-0.3, -0.25) is 14.9 Å². The molecule has 1 aromatic heterocycles. The molecule has 0 spiro atoms. The fourth-order valence-electron chi connectivity index (χ4n) is 1.88. The second-order valence-electron chi connectivity index (χ2n) is 4.85. The van der Waals surface area contributed by atoms with Crippen molar-refractivity contribution in [2.45, 2.75) is 20.3 Å². The van der Waals surface area contributed by atoms with Crippen molar-refractivity contribution in [3.8, 4) is 0 Å². The molecule has 0 radical (unpaired) electrons. The normalized spacial score (nSPS) is 10.8. The van der Waals surface area contributed by atoms with Gasteiger partial charge < -0.3 is 9.80 Å². The molecule has 0 atom stereocenters. The van der Waals surface area contributed by atoms with E-state index in [9.17, 15) is 14.9 Å². The third kappa shape index (κ3) is 4.28. The molecule has 0 amide bonds. The van der Waals surface area contributed by atoms with Gasteiger partial charge in [0.1, 0.15) is 0 Å². The second-order valence-corrected chi connectivity index (χ2v) is 5.88. The summed E-state index contributed by atoms with van der Waals surface area (Å²) in [5.41, 5.74) is 0.0342. The molecular formula is C13H21N3O3S. The lowest BCUT2D eigenvalue weighted by Gasteiger charge is -2.21. The molecule has 0 N–H and O–H groups in total. The highest BCUT2D eigenvalue weighted by Crippen LogP contribution is 2.37. The molecule has 1 rings (SSSR count). The van der Waals surface area contributed by atoms with E-state index in [0.29, 0.717) is 16.4 Å². The SMILES string of the molecule is CCN(CCCN(C)C)c1sc(C(C)=O)cc1[N+](=O)[O-]. The van der Waals surface area contributed by atoms with Gasteiger partial charge in [0.2, 0.25) is 0 Å². The van der Waals surface area contributed by atoms with E-state index in [0.717, 1.165) is 19.5 Å². The molecule has 6 nitrogen and oxygen atoms in total. The molecule has 7 heteroatoms. The van der Waals surface area contributed by atoms with Gasteiger partial charge in [-0.15, -0.1) is 11.3 Å². The lowest BCUT2D eigenvalue weighted by atomic mass is 10.3. The average molecular weight is 299 g/mol. The monoisotopic (exact) mass is 299 g/mol. The Bertz CT molecular complexity index is 485. The Labute approximate surface area is 123 Å². The maximum Gasteiger partial charge on any atom is 0.304 e. The summed E-state index contributed by atoms with van der Waals surface area (Å²) in [6.45, 7) is 5.75. The molecule has 0 aliphatic carbocycles. The third-order valence-corrected chi connectivity index (χ3v) is 4.23. The van der Waals surface area contributed by atoms with Crippen molar-refractivity contribution < 1.29 is 9.72 Å². The Morgan fingerprint density at radius 1 is 1.40 bits per heavy atom. The van der Waals surface area contributed by atoms with Crippen LogP contribution < -0.4 is 4.90 Å². The molecule has 0 bridgehead atoms. The standard InChI is InChI=1S/C13H21N3O3S/c1-5-15(8-6-7-14(3)4)13-11(16(18)19)9-12(20-13)10(2)17/h9H,5-8H2,1-4H3. The van der Waals surface area contributed by atoms with Crippen LogP contribution in [0, 0.1) is 10.1 Å². The molecule has 0 unspecified atom stereocenters. The topological polar surface area (TPSA) is 66.7 Å². The van der Waals surface area contributed by atoms with Crippen molar-refractivity contribution in [2.24, 2.45) is 0 Å². The average Bonchev–Trinajstić information content (AvgIpc) is 2.79. The van der Waals surface area contributed by atoms with Gasteiger partial charge in [0.25, 0.3) is 0 Å². The smallest absolute Gasteiger partial charge is 0.304 e. The van der Waals surface area contributed by atoms with Crippen molar-refractivity contribution in [3.05, 3.63) is 21.1 Å². The summed E-state index contributed by atoms with van der Waals surface area (Å²) in [5.74, 6) is -0.131. The number of carbonyl (C=O) groups excluding carboxylic acids is 1. The van der Waals surface area contributed by atoms with Crippen LogP contribution in [0.1, 0.15) is 29.9 Å². The number of hydrogen-bond donors (Lipinski definition) is 0. The number of thiophene rings is 1. The van der Waals surface area contributed by atoms with Crippen LogP contribution in [-0.4, -0.2) is 49.3 Å². The largest absolute Gasteiger partial charge is 0.358 e. The highest BCUT2D eigenvalue weighted by atomic mass is 32.1. The predicted octanol–water partition coefficient (Wildman–Crippen LogP) is 2.64. The van der Waals surface area contributed by atoms with Gasteiger partial charge in [-0.25, -0.2) is 0 Å². The Kier molecular flexibility index (Phi) is 6.09. The van der Waals surface area contributed by atoms with Crippen LogP contribution in [0.15, 0.2) is 6.07 Å². The minimum atomic E-state index is -0.410. The van der Waals surface area contributed by atoms with E-state index in [1.807, 2.05) is 25.9 Å². The van der Waals surface area contributed by atoms with E-state index in [1.165, 1.54) is 24.3 Å². The second kappa shape index (κ2) is 7.35. The van der Waals surface area contributed by atoms with Gasteiger partial charge in [0.15, 0.2) is 10.8 Å². The molecule has 0 aliphatic rings. The third-order valence-electron chi connectivity index (χ3n) is 2.94. The first-order valence-electron chi connectivity index (χ1n) is 6.55. The summed E-state index contributed by atoms with van der Waals surface area (Å²) >= 11 is 1.21. The van der Waals surface area contributed by atoms with Gasteiger partial charge in [-0.05, 0) is 40.9 Å². The molecule has 0 saturated heterocycles. The molecule has 1 aromatic rings. The van der Waals surface area contributed by atoms with Crippen LogP contribution >= 0.6 is 11.3 Å². The highest BCUT2D eigenvalue weighted by molar-refractivity contribution is 7.18. The minimum absolute atomic E-state index is 0.0342. The number of carbonyl (C=O) groups is 1. The first-order chi connectivity index (χ1) is 9.36. The molecule has 1 heterocycles. The van der Waals surface area contributed by atoms with E-state index >= 15 is 0 Å². The number of ketones is 1. The van der Waals surface area contributed by atoms with E-state index in [2.05, 4.69) is 4.90 Å².